The summed E-state index contributed by atoms with van der Waals surface area (Å²) in [6, 6.07) is 4.30. The van der Waals surface area contributed by atoms with Crippen LogP contribution in [0, 0.1) is 5.92 Å². The standard InChI is InChI=1S/C14H23N3S.HI/c1-12(10-13-6-5-9-18-13)11-16-14(15)17-7-3-2-4-8-17;/h5-6,9,12H,2-4,7-8,10-11H2,1H3,(H2,15,16);1H. The number of likely N-dealkylation sites (tertiary alicyclic amines) is 1. The van der Waals surface area contributed by atoms with Crippen molar-refractivity contribution in [2.24, 2.45) is 16.6 Å². The molecule has 19 heavy (non-hydrogen) atoms. The third-order valence-electron chi connectivity index (χ3n) is 3.37. The van der Waals surface area contributed by atoms with E-state index in [9.17, 15) is 0 Å². The number of nitrogens with zero attached hydrogens (tertiary/aromatic N) is 2. The van der Waals surface area contributed by atoms with Gasteiger partial charge in [-0.1, -0.05) is 13.0 Å². The number of hydrogen-bond acceptors (Lipinski definition) is 2. The highest BCUT2D eigenvalue weighted by Gasteiger charge is 2.12. The van der Waals surface area contributed by atoms with Crippen LogP contribution in [-0.2, 0) is 6.42 Å². The van der Waals surface area contributed by atoms with E-state index in [4.69, 9.17) is 5.73 Å². The number of halogens is 1. The maximum Gasteiger partial charge on any atom is 0.191 e. The molecule has 1 unspecified atom stereocenters. The lowest BCUT2D eigenvalue weighted by Gasteiger charge is -2.27. The first kappa shape index (κ1) is 16.8. The van der Waals surface area contributed by atoms with E-state index < -0.39 is 0 Å². The number of guanidine groups is 1. The van der Waals surface area contributed by atoms with Crippen LogP contribution in [0.2, 0.25) is 0 Å². The van der Waals surface area contributed by atoms with Crippen LogP contribution < -0.4 is 5.73 Å². The van der Waals surface area contributed by atoms with Crippen molar-refractivity contribution in [3.05, 3.63) is 22.4 Å². The topological polar surface area (TPSA) is 41.6 Å². The Morgan fingerprint density at radius 1 is 1.42 bits per heavy atom. The van der Waals surface area contributed by atoms with E-state index in [-0.39, 0.29) is 24.0 Å². The number of piperidine rings is 1. The molecule has 5 heteroatoms. The predicted molar refractivity (Wildman–Crippen MR) is 94.5 cm³/mol. The summed E-state index contributed by atoms with van der Waals surface area (Å²) < 4.78 is 0. The van der Waals surface area contributed by atoms with Gasteiger partial charge in [-0.25, -0.2) is 0 Å². The molecule has 1 aliphatic heterocycles. The summed E-state index contributed by atoms with van der Waals surface area (Å²) in [5, 5.41) is 2.13. The maximum absolute atomic E-state index is 6.05. The molecule has 108 valence electrons. The molecule has 2 rings (SSSR count). The molecule has 2 heterocycles. The van der Waals surface area contributed by atoms with E-state index in [0.29, 0.717) is 5.92 Å². The zero-order chi connectivity index (χ0) is 12.8. The number of aliphatic imine (C=N–C) groups is 1. The van der Waals surface area contributed by atoms with Crippen LogP contribution in [0.25, 0.3) is 0 Å². The molecule has 0 saturated carbocycles. The van der Waals surface area contributed by atoms with Crippen molar-refractivity contribution in [2.45, 2.75) is 32.6 Å². The van der Waals surface area contributed by atoms with Crippen molar-refractivity contribution in [3.63, 3.8) is 0 Å². The van der Waals surface area contributed by atoms with Gasteiger partial charge in [0.15, 0.2) is 5.96 Å². The largest absolute Gasteiger partial charge is 0.370 e. The Kier molecular flexibility index (Phi) is 7.75. The average molecular weight is 393 g/mol. The van der Waals surface area contributed by atoms with E-state index in [1.165, 1.54) is 24.1 Å². The highest BCUT2D eigenvalue weighted by Crippen LogP contribution is 2.15. The lowest BCUT2D eigenvalue weighted by molar-refractivity contribution is 0.337. The minimum absolute atomic E-state index is 0. The van der Waals surface area contributed by atoms with Crippen molar-refractivity contribution >= 4 is 41.3 Å². The minimum atomic E-state index is 0. The molecule has 1 saturated heterocycles. The van der Waals surface area contributed by atoms with Crippen LogP contribution in [0.5, 0.6) is 0 Å². The lowest BCUT2D eigenvalue weighted by atomic mass is 10.1. The molecular weight excluding hydrogens is 369 g/mol. The van der Waals surface area contributed by atoms with Crippen LogP contribution in [0.4, 0.5) is 0 Å². The van der Waals surface area contributed by atoms with Crippen molar-refractivity contribution in [3.8, 4) is 0 Å². The summed E-state index contributed by atoms with van der Waals surface area (Å²) in [5.41, 5.74) is 6.05. The third kappa shape index (κ3) is 5.69. The first-order chi connectivity index (χ1) is 8.75. The summed E-state index contributed by atoms with van der Waals surface area (Å²) in [7, 11) is 0. The summed E-state index contributed by atoms with van der Waals surface area (Å²) in [5.74, 6) is 1.31. The van der Waals surface area contributed by atoms with Gasteiger partial charge in [-0.3, -0.25) is 4.99 Å². The second-order valence-corrected chi connectivity index (χ2v) is 6.17. The molecule has 0 amide bonds. The van der Waals surface area contributed by atoms with Gasteiger partial charge < -0.3 is 10.6 Å². The molecule has 0 bridgehead atoms. The zero-order valence-electron chi connectivity index (χ0n) is 11.5. The number of rotatable bonds is 4. The second kappa shape index (κ2) is 8.79. The van der Waals surface area contributed by atoms with Crippen molar-refractivity contribution in [1.82, 2.24) is 4.90 Å². The highest BCUT2D eigenvalue weighted by molar-refractivity contribution is 14.0. The average Bonchev–Trinajstić information content (AvgIpc) is 2.90. The van der Waals surface area contributed by atoms with Gasteiger partial charge in [0.2, 0.25) is 0 Å². The van der Waals surface area contributed by atoms with E-state index in [1.54, 1.807) is 0 Å². The van der Waals surface area contributed by atoms with Gasteiger partial charge in [-0.15, -0.1) is 35.3 Å². The zero-order valence-corrected chi connectivity index (χ0v) is 14.7. The fourth-order valence-corrected chi connectivity index (χ4v) is 3.18. The first-order valence-electron chi connectivity index (χ1n) is 6.83. The van der Waals surface area contributed by atoms with Gasteiger partial charge in [0.25, 0.3) is 0 Å². The Bertz CT molecular complexity index is 372. The second-order valence-electron chi connectivity index (χ2n) is 5.14. The molecular formula is C14H24IN3S. The van der Waals surface area contributed by atoms with E-state index in [1.807, 2.05) is 11.3 Å². The Morgan fingerprint density at radius 3 is 2.79 bits per heavy atom. The molecule has 0 spiro atoms. The summed E-state index contributed by atoms with van der Waals surface area (Å²) in [6.07, 6.45) is 4.94. The Balaban J connectivity index is 0.00000180. The third-order valence-corrected chi connectivity index (χ3v) is 4.27. The van der Waals surface area contributed by atoms with Crippen LogP contribution in [0.15, 0.2) is 22.5 Å². The summed E-state index contributed by atoms with van der Waals surface area (Å²) in [6.45, 7) is 5.23. The predicted octanol–water partition coefficient (Wildman–Crippen LogP) is 3.35. The fraction of sp³-hybridized carbons (Fsp3) is 0.643. The van der Waals surface area contributed by atoms with Crippen LogP contribution >= 0.6 is 35.3 Å². The van der Waals surface area contributed by atoms with Crippen LogP contribution in [0.1, 0.15) is 31.1 Å². The summed E-state index contributed by atoms with van der Waals surface area (Å²) in [4.78, 5) is 8.22. The SMILES string of the molecule is CC(CN=C(N)N1CCCCC1)Cc1cccs1.I. The van der Waals surface area contributed by atoms with E-state index in [2.05, 4.69) is 34.3 Å². The monoisotopic (exact) mass is 393 g/mol. The lowest BCUT2D eigenvalue weighted by Crippen LogP contribution is -2.41. The first-order valence-corrected chi connectivity index (χ1v) is 7.71. The highest BCUT2D eigenvalue weighted by atomic mass is 127. The number of nitrogens with two attached hydrogens (primary N) is 1. The quantitative estimate of drug-likeness (QED) is 0.484. The molecule has 0 radical (unpaired) electrons. The van der Waals surface area contributed by atoms with Crippen molar-refractivity contribution in [2.75, 3.05) is 19.6 Å². The normalized spacial score (nSPS) is 17.9. The van der Waals surface area contributed by atoms with Gasteiger partial charge in [-0.05, 0) is 43.0 Å². The smallest absolute Gasteiger partial charge is 0.191 e. The van der Waals surface area contributed by atoms with Gasteiger partial charge in [0.05, 0.1) is 0 Å². The molecule has 3 nitrogen and oxygen atoms in total. The van der Waals surface area contributed by atoms with Crippen molar-refractivity contribution < 1.29 is 0 Å². The summed E-state index contributed by atoms with van der Waals surface area (Å²) >= 11 is 1.82. The van der Waals surface area contributed by atoms with Gasteiger partial charge in [-0.2, -0.15) is 0 Å². The Morgan fingerprint density at radius 2 is 2.16 bits per heavy atom. The molecule has 2 N–H and O–H groups in total. The van der Waals surface area contributed by atoms with E-state index >= 15 is 0 Å². The molecule has 1 fully saturated rings. The molecule has 1 aliphatic rings. The van der Waals surface area contributed by atoms with Crippen LogP contribution in [-0.4, -0.2) is 30.5 Å². The van der Waals surface area contributed by atoms with Gasteiger partial charge in [0, 0.05) is 24.5 Å². The number of hydrogen-bond donors (Lipinski definition) is 1. The van der Waals surface area contributed by atoms with Crippen molar-refractivity contribution in [1.29, 1.82) is 0 Å². The Hall–Kier alpha value is -0.300. The van der Waals surface area contributed by atoms with Crippen LogP contribution in [0.3, 0.4) is 0 Å². The molecule has 1 aromatic heterocycles. The molecule has 1 atom stereocenters. The van der Waals surface area contributed by atoms with Gasteiger partial charge in [0.1, 0.15) is 0 Å². The Labute approximate surface area is 137 Å². The molecule has 0 aliphatic carbocycles. The maximum atomic E-state index is 6.05. The van der Waals surface area contributed by atoms with E-state index in [0.717, 1.165) is 32.0 Å². The minimum Gasteiger partial charge on any atom is -0.370 e. The fourth-order valence-electron chi connectivity index (χ4n) is 2.31. The number of thiophene rings is 1. The van der Waals surface area contributed by atoms with Gasteiger partial charge >= 0.3 is 0 Å². The molecule has 1 aromatic rings. The molecule has 0 aromatic carbocycles.